The van der Waals surface area contributed by atoms with Crippen molar-refractivity contribution in [3.05, 3.63) is 28.8 Å². The molecule has 0 atom stereocenters. The minimum atomic E-state index is 0.808. The smallest absolute Gasteiger partial charge is 0.137 e. The lowest BCUT2D eigenvalue weighted by Gasteiger charge is -2.18. The number of ether oxygens (including phenoxy) is 1. The van der Waals surface area contributed by atoms with Crippen molar-refractivity contribution in [3.63, 3.8) is 0 Å². The van der Waals surface area contributed by atoms with E-state index in [1.54, 1.807) is 4.90 Å². The summed E-state index contributed by atoms with van der Waals surface area (Å²) in [6.07, 6.45) is 0. The molecule has 0 bridgehead atoms. The van der Waals surface area contributed by atoms with Crippen molar-refractivity contribution in [2.24, 2.45) is 0 Å². The summed E-state index contributed by atoms with van der Waals surface area (Å²) in [5, 5.41) is 0. The van der Waals surface area contributed by atoms with Crippen molar-refractivity contribution in [1.29, 1.82) is 0 Å². The number of hydrogen-bond donors (Lipinski definition) is 1. The zero-order valence-corrected chi connectivity index (χ0v) is 11.9. The predicted molar refractivity (Wildman–Crippen MR) is 73.1 cm³/mol. The Hall–Kier alpha value is -1.02. The van der Waals surface area contributed by atoms with Crippen molar-refractivity contribution >= 4 is 0 Å². The van der Waals surface area contributed by atoms with Gasteiger partial charge in [0.25, 0.3) is 0 Å². The Morgan fingerprint density at radius 2 is 1.59 bits per heavy atom. The van der Waals surface area contributed by atoms with Crippen LogP contribution in [0.2, 0.25) is 0 Å². The van der Waals surface area contributed by atoms with Crippen molar-refractivity contribution in [2.45, 2.75) is 34.6 Å². The van der Waals surface area contributed by atoms with Crippen LogP contribution in [0.25, 0.3) is 0 Å². The molecule has 0 saturated carbocycles. The van der Waals surface area contributed by atoms with Crippen LogP contribution in [0.15, 0.2) is 12.1 Å². The lowest BCUT2D eigenvalue weighted by molar-refractivity contribution is -0.896. The number of aryl methyl sites for hydroxylation is 2. The average molecular weight is 236 g/mol. The molecule has 0 aliphatic carbocycles. The molecule has 0 aliphatic rings. The van der Waals surface area contributed by atoms with Crippen LogP contribution in [-0.2, 0) is 0 Å². The Labute approximate surface area is 106 Å². The van der Waals surface area contributed by atoms with E-state index in [2.05, 4.69) is 46.8 Å². The van der Waals surface area contributed by atoms with E-state index in [4.69, 9.17) is 4.74 Å². The van der Waals surface area contributed by atoms with Gasteiger partial charge < -0.3 is 9.64 Å². The lowest BCUT2D eigenvalue weighted by Crippen LogP contribution is -3.12. The van der Waals surface area contributed by atoms with E-state index in [1.807, 2.05) is 0 Å². The molecule has 17 heavy (non-hydrogen) atoms. The first kappa shape index (κ1) is 14.0. The average Bonchev–Trinajstić information content (AvgIpc) is 2.33. The van der Waals surface area contributed by atoms with Gasteiger partial charge in [-0.1, -0.05) is 12.1 Å². The fourth-order valence-electron chi connectivity index (χ4n) is 2.05. The van der Waals surface area contributed by atoms with Gasteiger partial charge in [0.05, 0.1) is 13.1 Å². The maximum Gasteiger partial charge on any atom is 0.137 e. The molecular weight excluding hydrogens is 210 g/mol. The van der Waals surface area contributed by atoms with Crippen LogP contribution in [-0.4, -0.2) is 26.2 Å². The van der Waals surface area contributed by atoms with Gasteiger partial charge in [-0.25, -0.2) is 0 Å². The normalized spacial score (nSPS) is 10.9. The molecule has 0 unspecified atom stereocenters. The number of hydrogen-bond acceptors (Lipinski definition) is 1. The number of rotatable bonds is 6. The summed E-state index contributed by atoms with van der Waals surface area (Å²) in [5.41, 5.74) is 3.82. The molecule has 0 spiro atoms. The monoisotopic (exact) mass is 236 g/mol. The number of benzene rings is 1. The molecule has 1 rings (SSSR count). The van der Waals surface area contributed by atoms with E-state index in [0.717, 1.165) is 18.9 Å². The van der Waals surface area contributed by atoms with Crippen LogP contribution in [0.3, 0.4) is 0 Å². The SMILES string of the molecule is CC[NH+](CC)CCOc1c(C)ccc(C)c1C. The van der Waals surface area contributed by atoms with E-state index >= 15 is 0 Å². The van der Waals surface area contributed by atoms with Crippen LogP contribution >= 0.6 is 0 Å². The third-order valence-corrected chi connectivity index (χ3v) is 3.58. The molecule has 0 radical (unpaired) electrons. The Kier molecular flexibility index (Phi) is 5.49. The number of nitrogens with one attached hydrogen (secondary N) is 1. The summed E-state index contributed by atoms with van der Waals surface area (Å²) in [6.45, 7) is 15.1. The maximum atomic E-state index is 5.96. The van der Waals surface area contributed by atoms with Gasteiger partial charge in [-0.15, -0.1) is 0 Å². The first-order valence-electron chi connectivity index (χ1n) is 6.63. The lowest BCUT2D eigenvalue weighted by atomic mass is 10.1. The summed E-state index contributed by atoms with van der Waals surface area (Å²) in [5.74, 6) is 1.08. The highest BCUT2D eigenvalue weighted by Crippen LogP contribution is 2.25. The topological polar surface area (TPSA) is 13.7 Å². The second-order valence-electron chi connectivity index (χ2n) is 4.71. The standard InChI is InChI=1S/C15H25NO/c1-6-16(7-2)10-11-17-15-13(4)9-8-12(3)14(15)5/h8-9H,6-7,10-11H2,1-5H3/p+1. The second kappa shape index (κ2) is 6.65. The van der Waals surface area contributed by atoms with Gasteiger partial charge in [0.2, 0.25) is 0 Å². The highest BCUT2D eigenvalue weighted by atomic mass is 16.5. The molecule has 2 heteroatoms. The molecule has 1 aromatic rings. The third-order valence-electron chi connectivity index (χ3n) is 3.58. The second-order valence-corrected chi connectivity index (χ2v) is 4.71. The van der Waals surface area contributed by atoms with Crippen LogP contribution in [0.4, 0.5) is 0 Å². The molecular formula is C15H26NO+. The fraction of sp³-hybridized carbons (Fsp3) is 0.600. The summed E-state index contributed by atoms with van der Waals surface area (Å²) < 4.78 is 5.96. The summed E-state index contributed by atoms with van der Waals surface area (Å²) in [6, 6.07) is 4.30. The Bertz CT molecular complexity index is 356. The van der Waals surface area contributed by atoms with E-state index in [-0.39, 0.29) is 0 Å². The van der Waals surface area contributed by atoms with Crippen molar-refractivity contribution in [2.75, 3.05) is 26.2 Å². The first-order chi connectivity index (χ1) is 8.10. The van der Waals surface area contributed by atoms with E-state index in [9.17, 15) is 0 Å². The van der Waals surface area contributed by atoms with Gasteiger partial charge in [-0.05, 0) is 51.3 Å². The van der Waals surface area contributed by atoms with Crippen LogP contribution in [0.5, 0.6) is 5.75 Å². The highest BCUT2D eigenvalue weighted by molar-refractivity contribution is 5.44. The van der Waals surface area contributed by atoms with Crippen molar-refractivity contribution in [3.8, 4) is 5.75 Å². The Balaban J connectivity index is 2.60. The summed E-state index contributed by atoms with van der Waals surface area (Å²) in [7, 11) is 0. The number of likely N-dealkylation sites (N-methyl/N-ethyl adjacent to an activating group) is 1. The predicted octanol–water partition coefficient (Wildman–Crippen LogP) is 1.92. The van der Waals surface area contributed by atoms with Gasteiger partial charge in [-0.2, -0.15) is 0 Å². The van der Waals surface area contributed by atoms with Gasteiger partial charge >= 0.3 is 0 Å². The first-order valence-corrected chi connectivity index (χ1v) is 6.63. The summed E-state index contributed by atoms with van der Waals surface area (Å²) in [4.78, 5) is 1.59. The van der Waals surface area contributed by atoms with Crippen LogP contribution < -0.4 is 9.64 Å². The highest BCUT2D eigenvalue weighted by Gasteiger charge is 2.08. The van der Waals surface area contributed by atoms with Crippen LogP contribution in [0.1, 0.15) is 30.5 Å². The molecule has 96 valence electrons. The Morgan fingerprint density at radius 1 is 1.00 bits per heavy atom. The third kappa shape index (κ3) is 3.74. The van der Waals surface area contributed by atoms with Crippen LogP contribution in [0, 0.1) is 20.8 Å². The van der Waals surface area contributed by atoms with Crippen molar-refractivity contribution < 1.29 is 9.64 Å². The van der Waals surface area contributed by atoms with Crippen molar-refractivity contribution in [1.82, 2.24) is 0 Å². The van der Waals surface area contributed by atoms with Gasteiger partial charge in [0.15, 0.2) is 0 Å². The van der Waals surface area contributed by atoms with E-state index in [1.165, 1.54) is 29.8 Å². The van der Waals surface area contributed by atoms with E-state index in [0.29, 0.717) is 0 Å². The Morgan fingerprint density at radius 3 is 2.18 bits per heavy atom. The molecule has 0 aromatic heterocycles. The largest absolute Gasteiger partial charge is 0.487 e. The zero-order valence-electron chi connectivity index (χ0n) is 11.9. The molecule has 0 aliphatic heterocycles. The molecule has 0 amide bonds. The fourth-order valence-corrected chi connectivity index (χ4v) is 2.05. The minimum Gasteiger partial charge on any atom is -0.487 e. The molecule has 0 fully saturated rings. The molecule has 1 N–H and O–H groups in total. The maximum absolute atomic E-state index is 5.96. The zero-order chi connectivity index (χ0) is 12.8. The van der Waals surface area contributed by atoms with Gasteiger partial charge in [0.1, 0.15) is 18.9 Å². The minimum absolute atomic E-state index is 0.808. The molecule has 0 heterocycles. The van der Waals surface area contributed by atoms with Gasteiger partial charge in [0, 0.05) is 0 Å². The van der Waals surface area contributed by atoms with E-state index < -0.39 is 0 Å². The van der Waals surface area contributed by atoms with Gasteiger partial charge in [-0.3, -0.25) is 0 Å². The molecule has 1 aromatic carbocycles. The number of quaternary nitrogens is 1. The summed E-state index contributed by atoms with van der Waals surface area (Å²) >= 11 is 0. The molecule has 2 nitrogen and oxygen atoms in total. The quantitative estimate of drug-likeness (QED) is 0.796. The molecule has 0 saturated heterocycles.